The van der Waals surface area contributed by atoms with Gasteiger partial charge in [0.2, 0.25) is 0 Å². The van der Waals surface area contributed by atoms with Crippen LogP contribution in [-0.2, 0) is 0 Å². The lowest BCUT2D eigenvalue weighted by Gasteiger charge is -2.09. The third-order valence-electron chi connectivity index (χ3n) is 2.30. The Kier molecular flexibility index (Phi) is 3.60. The van der Waals surface area contributed by atoms with E-state index in [2.05, 4.69) is 4.98 Å². The van der Waals surface area contributed by atoms with Crippen molar-refractivity contribution in [1.29, 1.82) is 0 Å². The van der Waals surface area contributed by atoms with Crippen LogP contribution >= 0.6 is 0 Å². The first kappa shape index (κ1) is 11.1. The Hall–Kier alpha value is -0.935. The largest absolute Gasteiger partial charge is 0.493 e. The summed E-state index contributed by atoms with van der Waals surface area (Å²) in [6, 6.07) is 1.25. The lowest BCUT2D eigenvalue weighted by molar-refractivity contribution is 0.422. The van der Waals surface area contributed by atoms with Crippen molar-refractivity contribution in [1.82, 2.24) is 4.98 Å². The van der Waals surface area contributed by atoms with Crippen LogP contribution in [-0.4, -0.2) is 22.2 Å². The highest BCUT2D eigenvalue weighted by Gasteiger charge is 2.18. The molecule has 0 saturated carbocycles. The summed E-state index contributed by atoms with van der Waals surface area (Å²) < 4.78 is 13.2. The van der Waals surface area contributed by atoms with Gasteiger partial charge in [-0.05, 0) is 18.4 Å². The fourth-order valence-electron chi connectivity index (χ4n) is 1.12. The number of halogens is 1. The zero-order chi connectivity index (χ0) is 10.7. The quantitative estimate of drug-likeness (QED) is 0.690. The topological polar surface area (TPSA) is 53.4 Å². The van der Waals surface area contributed by atoms with E-state index < -0.39 is 12.9 Å². The minimum absolute atomic E-state index is 0.175. The number of aromatic nitrogens is 1. The molecule has 0 aliphatic carbocycles. The first-order chi connectivity index (χ1) is 6.56. The summed E-state index contributed by atoms with van der Waals surface area (Å²) >= 11 is 0. The van der Waals surface area contributed by atoms with Gasteiger partial charge >= 0.3 is 7.12 Å². The zero-order valence-corrected chi connectivity index (χ0v) is 8.24. The summed E-state index contributed by atoms with van der Waals surface area (Å²) in [5.41, 5.74) is 0.450. The van der Waals surface area contributed by atoms with E-state index in [1.54, 1.807) is 0 Å². The highest BCUT2D eigenvalue weighted by Crippen LogP contribution is 2.15. The second-order valence-electron chi connectivity index (χ2n) is 3.31. The van der Waals surface area contributed by atoms with Crippen molar-refractivity contribution >= 4 is 12.6 Å². The molecule has 76 valence electrons. The van der Waals surface area contributed by atoms with Crippen LogP contribution in [0.15, 0.2) is 12.3 Å². The summed E-state index contributed by atoms with van der Waals surface area (Å²) in [7, 11) is -1.80. The Morgan fingerprint density at radius 1 is 1.57 bits per heavy atom. The predicted octanol–water partition coefficient (Wildman–Crippen LogP) is 0.414. The Morgan fingerprint density at radius 3 is 2.64 bits per heavy atom. The maximum Gasteiger partial charge on any atom is 0.493 e. The predicted molar refractivity (Wildman–Crippen MR) is 52.7 cm³/mol. The molecule has 0 aliphatic heterocycles. The van der Waals surface area contributed by atoms with Gasteiger partial charge in [-0.15, -0.1) is 0 Å². The molecule has 5 heteroatoms. The van der Waals surface area contributed by atoms with E-state index in [1.807, 2.05) is 13.8 Å². The molecule has 1 aromatic heterocycles. The molecule has 1 unspecified atom stereocenters. The average molecular weight is 197 g/mol. The molecule has 1 aromatic rings. The van der Waals surface area contributed by atoms with E-state index in [9.17, 15) is 4.39 Å². The van der Waals surface area contributed by atoms with Gasteiger partial charge in [0.15, 0.2) is 0 Å². The highest BCUT2D eigenvalue weighted by molar-refractivity contribution is 6.58. The fourth-order valence-corrected chi connectivity index (χ4v) is 1.12. The molecule has 0 radical (unpaired) electrons. The Balaban J connectivity index is 3.00. The van der Waals surface area contributed by atoms with Gasteiger partial charge in [0, 0.05) is 17.4 Å². The SMILES string of the molecule is CCC(C)c1cc(F)c(B(O)O)cn1. The average Bonchev–Trinajstić information content (AvgIpc) is 2.15. The van der Waals surface area contributed by atoms with Crippen molar-refractivity contribution in [3.05, 3.63) is 23.8 Å². The van der Waals surface area contributed by atoms with Crippen LogP contribution in [0.3, 0.4) is 0 Å². The van der Waals surface area contributed by atoms with Gasteiger partial charge in [0.1, 0.15) is 5.82 Å². The molecule has 0 saturated heterocycles. The summed E-state index contributed by atoms with van der Waals surface area (Å²) in [6.07, 6.45) is 2.04. The summed E-state index contributed by atoms with van der Waals surface area (Å²) in [4.78, 5) is 3.97. The molecule has 1 rings (SSSR count). The lowest BCUT2D eigenvalue weighted by Crippen LogP contribution is -2.33. The second-order valence-corrected chi connectivity index (χ2v) is 3.31. The molecule has 1 atom stereocenters. The van der Waals surface area contributed by atoms with Gasteiger partial charge in [0.25, 0.3) is 0 Å². The van der Waals surface area contributed by atoms with Crippen LogP contribution in [0, 0.1) is 5.82 Å². The van der Waals surface area contributed by atoms with Crippen LogP contribution in [0.1, 0.15) is 31.9 Å². The standard InChI is InChI=1S/C9H13BFNO2/c1-3-6(2)9-4-8(11)7(5-12-9)10(13)14/h4-6,13-14H,3H2,1-2H3. The first-order valence-corrected chi connectivity index (χ1v) is 4.57. The smallest absolute Gasteiger partial charge is 0.423 e. The third kappa shape index (κ3) is 2.30. The van der Waals surface area contributed by atoms with Crippen LogP contribution in [0.4, 0.5) is 4.39 Å². The minimum atomic E-state index is -1.80. The zero-order valence-electron chi connectivity index (χ0n) is 8.24. The van der Waals surface area contributed by atoms with Crippen molar-refractivity contribution in [2.45, 2.75) is 26.2 Å². The van der Waals surface area contributed by atoms with Gasteiger partial charge in [-0.3, -0.25) is 4.98 Å². The molecule has 0 bridgehead atoms. The Bertz CT molecular complexity index is 320. The molecule has 0 fully saturated rings. The van der Waals surface area contributed by atoms with Crippen LogP contribution in [0.5, 0.6) is 0 Å². The van der Waals surface area contributed by atoms with E-state index in [0.29, 0.717) is 5.69 Å². The molecular weight excluding hydrogens is 184 g/mol. The van der Waals surface area contributed by atoms with Crippen molar-refractivity contribution in [3.63, 3.8) is 0 Å². The number of hydrogen-bond acceptors (Lipinski definition) is 3. The number of nitrogens with zero attached hydrogens (tertiary/aromatic N) is 1. The summed E-state index contributed by atoms with van der Waals surface area (Å²) in [5.74, 6) is -0.445. The highest BCUT2D eigenvalue weighted by atomic mass is 19.1. The van der Waals surface area contributed by atoms with Crippen LogP contribution < -0.4 is 5.46 Å². The normalized spacial score (nSPS) is 12.6. The molecule has 14 heavy (non-hydrogen) atoms. The van der Waals surface area contributed by atoms with Crippen LogP contribution in [0.2, 0.25) is 0 Å². The summed E-state index contributed by atoms with van der Waals surface area (Å²) in [5, 5.41) is 17.5. The molecule has 0 amide bonds. The molecule has 0 aliphatic rings. The van der Waals surface area contributed by atoms with Gasteiger partial charge in [-0.25, -0.2) is 4.39 Å². The van der Waals surface area contributed by atoms with Gasteiger partial charge in [-0.1, -0.05) is 13.8 Å². The number of pyridine rings is 1. The van der Waals surface area contributed by atoms with Crippen LogP contribution in [0.25, 0.3) is 0 Å². The molecule has 2 N–H and O–H groups in total. The van der Waals surface area contributed by atoms with E-state index in [1.165, 1.54) is 12.3 Å². The van der Waals surface area contributed by atoms with Gasteiger partial charge < -0.3 is 10.0 Å². The van der Waals surface area contributed by atoms with E-state index in [-0.39, 0.29) is 11.4 Å². The maximum absolute atomic E-state index is 13.2. The van der Waals surface area contributed by atoms with Crippen molar-refractivity contribution in [2.24, 2.45) is 0 Å². The fraction of sp³-hybridized carbons (Fsp3) is 0.444. The molecular formula is C9H13BFNO2. The third-order valence-corrected chi connectivity index (χ3v) is 2.30. The van der Waals surface area contributed by atoms with Crippen molar-refractivity contribution in [2.75, 3.05) is 0 Å². The van der Waals surface area contributed by atoms with Crippen molar-refractivity contribution in [3.8, 4) is 0 Å². The van der Waals surface area contributed by atoms with Gasteiger partial charge in [-0.2, -0.15) is 0 Å². The monoisotopic (exact) mass is 197 g/mol. The summed E-state index contributed by atoms with van der Waals surface area (Å²) in [6.45, 7) is 3.93. The van der Waals surface area contributed by atoms with Gasteiger partial charge in [0.05, 0.1) is 0 Å². The number of rotatable bonds is 3. The number of hydrogen-bond donors (Lipinski definition) is 2. The second kappa shape index (κ2) is 4.53. The van der Waals surface area contributed by atoms with E-state index >= 15 is 0 Å². The van der Waals surface area contributed by atoms with Crippen molar-refractivity contribution < 1.29 is 14.4 Å². The van der Waals surface area contributed by atoms with E-state index in [4.69, 9.17) is 10.0 Å². The maximum atomic E-state index is 13.2. The van der Waals surface area contributed by atoms with E-state index in [0.717, 1.165) is 6.42 Å². The Labute approximate surface area is 82.8 Å². The lowest BCUT2D eigenvalue weighted by atomic mass is 9.81. The minimum Gasteiger partial charge on any atom is -0.423 e. The molecule has 0 spiro atoms. The Morgan fingerprint density at radius 2 is 2.21 bits per heavy atom. The molecule has 3 nitrogen and oxygen atoms in total. The molecule has 0 aromatic carbocycles. The molecule has 1 heterocycles. The first-order valence-electron chi connectivity index (χ1n) is 4.57.